The van der Waals surface area contributed by atoms with E-state index in [1.54, 1.807) is 24.8 Å². The molecular weight excluding hydrogens is 356 g/mol. The van der Waals surface area contributed by atoms with E-state index < -0.39 is 0 Å². The molecule has 3 heterocycles. The van der Waals surface area contributed by atoms with E-state index in [2.05, 4.69) is 20.3 Å². The first kappa shape index (κ1) is 17.1. The van der Waals surface area contributed by atoms with Gasteiger partial charge < -0.3 is 5.32 Å². The van der Waals surface area contributed by atoms with Crippen LogP contribution in [0.25, 0.3) is 22.4 Å². The van der Waals surface area contributed by atoms with Gasteiger partial charge in [0.25, 0.3) is 0 Å². The first-order chi connectivity index (χ1) is 13.3. The molecule has 0 saturated carbocycles. The molecule has 5 nitrogen and oxygen atoms in total. The number of hydrogen-bond donors (Lipinski definition) is 1. The SMILES string of the molecule is O=C(Cc1ccc(-c2ccncc2)cc1)Nc1nc(-c2ccncc2)cs1. The Morgan fingerprint density at radius 1 is 0.815 bits per heavy atom. The second-order valence-electron chi connectivity index (χ2n) is 5.93. The molecule has 4 aromatic rings. The van der Waals surface area contributed by atoms with Crippen LogP contribution in [0.3, 0.4) is 0 Å². The molecule has 0 saturated heterocycles. The molecule has 3 aromatic heterocycles. The lowest BCUT2D eigenvalue weighted by molar-refractivity contribution is -0.115. The van der Waals surface area contributed by atoms with E-state index in [1.165, 1.54) is 11.3 Å². The minimum atomic E-state index is -0.0812. The molecule has 0 bridgehead atoms. The number of pyridine rings is 2. The molecule has 0 radical (unpaired) electrons. The van der Waals surface area contributed by atoms with Crippen molar-refractivity contribution in [3.05, 3.63) is 84.3 Å². The molecule has 0 atom stereocenters. The van der Waals surface area contributed by atoms with Gasteiger partial charge in [0.2, 0.25) is 5.91 Å². The lowest BCUT2D eigenvalue weighted by Gasteiger charge is -2.05. The number of nitrogens with one attached hydrogen (secondary N) is 1. The maximum Gasteiger partial charge on any atom is 0.230 e. The minimum Gasteiger partial charge on any atom is -0.302 e. The fourth-order valence-electron chi connectivity index (χ4n) is 2.69. The summed E-state index contributed by atoms with van der Waals surface area (Å²) in [5, 5.41) is 5.39. The maximum absolute atomic E-state index is 12.3. The van der Waals surface area contributed by atoms with Crippen LogP contribution in [0, 0.1) is 0 Å². The van der Waals surface area contributed by atoms with Crippen molar-refractivity contribution in [1.82, 2.24) is 15.0 Å². The van der Waals surface area contributed by atoms with E-state index in [-0.39, 0.29) is 5.91 Å². The second kappa shape index (κ2) is 7.88. The van der Waals surface area contributed by atoms with Crippen molar-refractivity contribution < 1.29 is 4.79 Å². The third kappa shape index (κ3) is 4.24. The van der Waals surface area contributed by atoms with Crippen LogP contribution < -0.4 is 5.32 Å². The van der Waals surface area contributed by atoms with Crippen LogP contribution in [0.2, 0.25) is 0 Å². The molecule has 0 fully saturated rings. The van der Waals surface area contributed by atoms with E-state index in [9.17, 15) is 4.79 Å². The lowest BCUT2D eigenvalue weighted by Crippen LogP contribution is -2.14. The number of thiazole rings is 1. The quantitative estimate of drug-likeness (QED) is 0.562. The van der Waals surface area contributed by atoms with E-state index in [0.29, 0.717) is 11.6 Å². The number of benzene rings is 1. The Labute approximate surface area is 160 Å². The Balaban J connectivity index is 1.39. The molecule has 1 amide bonds. The average molecular weight is 372 g/mol. The molecule has 4 rings (SSSR count). The minimum absolute atomic E-state index is 0.0812. The Morgan fingerprint density at radius 3 is 2.07 bits per heavy atom. The monoisotopic (exact) mass is 372 g/mol. The predicted octanol–water partition coefficient (Wildman–Crippen LogP) is 4.45. The van der Waals surface area contributed by atoms with Crippen LogP contribution in [-0.4, -0.2) is 20.9 Å². The average Bonchev–Trinajstić information content (AvgIpc) is 3.18. The van der Waals surface area contributed by atoms with Gasteiger partial charge in [-0.1, -0.05) is 24.3 Å². The summed E-state index contributed by atoms with van der Waals surface area (Å²) in [5.41, 5.74) is 4.97. The number of hydrogen-bond acceptors (Lipinski definition) is 5. The largest absolute Gasteiger partial charge is 0.302 e. The van der Waals surface area contributed by atoms with Crippen molar-refractivity contribution in [3.8, 4) is 22.4 Å². The van der Waals surface area contributed by atoms with Crippen molar-refractivity contribution in [1.29, 1.82) is 0 Å². The van der Waals surface area contributed by atoms with Gasteiger partial charge in [0.15, 0.2) is 5.13 Å². The van der Waals surface area contributed by atoms with E-state index in [4.69, 9.17) is 0 Å². The number of aromatic nitrogens is 3. The highest BCUT2D eigenvalue weighted by atomic mass is 32.1. The maximum atomic E-state index is 12.3. The Morgan fingerprint density at radius 2 is 1.41 bits per heavy atom. The summed E-state index contributed by atoms with van der Waals surface area (Å²) in [6, 6.07) is 15.7. The van der Waals surface area contributed by atoms with Crippen LogP contribution in [0.1, 0.15) is 5.56 Å². The van der Waals surface area contributed by atoms with Gasteiger partial charge in [-0.05, 0) is 41.0 Å². The van der Waals surface area contributed by atoms with Gasteiger partial charge >= 0.3 is 0 Å². The second-order valence-corrected chi connectivity index (χ2v) is 6.79. The highest BCUT2D eigenvalue weighted by Crippen LogP contribution is 2.24. The van der Waals surface area contributed by atoms with Gasteiger partial charge in [0, 0.05) is 35.7 Å². The summed E-state index contributed by atoms with van der Waals surface area (Å²) in [6.07, 6.45) is 7.29. The van der Waals surface area contributed by atoms with Gasteiger partial charge in [0.1, 0.15) is 0 Å². The molecule has 0 spiro atoms. The molecule has 1 aromatic carbocycles. The summed E-state index contributed by atoms with van der Waals surface area (Å²) in [5.74, 6) is -0.0812. The lowest BCUT2D eigenvalue weighted by atomic mass is 10.0. The van der Waals surface area contributed by atoms with Gasteiger partial charge in [-0.15, -0.1) is 11.3 Å². The molecule has 6 heteroatoms. The standard InChI is InChI=1S/C21H16N4OS/c26-20(25-21-24-19(14-27-21)18-7-11-23-12-8-18)13-15-1-3-16(4-2-15)17-5-9-22-10-6-17/h1-12,14H,13H2,(H,24,25,26). The first-order valence-corrected chi connectivity index (χ1v) is 9.31. The van der Waals surface area contributed by atoms with Crippen molar-refractivity contribution in [2.45, 2.75) is 6.42 Å². The number of carbonyl (C=O) groups is 1. The smallest absolute Gasteiger partial charge is 0.230 e. The van der Waals surface area contributed by atoms with E-state index in [0.717, 1.165) is 27.9 Å². The Hall–Kier alpha value is -3.38. The fourth-order valence-corrected chi connectivity index (χ4v) is 3.43. The molecule has 132 valence electrons. The number of rotatable bonds is 5. The molecule has 27 heavy (non-hydrogen) atoms. The summed E-state index contributed by atoms with van der Waals surface area (Å²) < 4.78 is 0. The zero-order valence-corrected chi connectivity index (χ0v) is 15.2. The fraction of sp³-hybridized carbons (Fsp3) is 0.0476. The summed E-state index contributed by atoms with van der Waals surface area (Å²) in [6.45, 7) is 0. The van der Waals surface area contributed by atoms with Crippen molar-refractivity contribution in [2.75, 3.05) is 5.32 Å². The van der Waals surface area contributed by atoms with Crippen LogP contribution >= 0.6 is 11.3 Å². The highest BCUT2D eigenvalue weighted by Gasteiger charge is 2.09. The molecular formula is C21H16N4OS. The molecule has 0 aliphatic rings. The molecule has 0 aliphatic carbocycles. The predicted molar refractivity (Wildman–Crippen MR) is 107 cm³/mol. The Bertz CT molecular complexity index is 1030. The van der Waals surface area contributed by atoms with Crippen molar-refractivity contribution in [2.24, 2.45) is 0 Å². The van der Waals surface area contributed by atoms with Gasteiger partial charge in [0.05, 0.1) is 12.1 Å². The van der Waals surface area contributed by atoms with E-state index in [1.807, 2.05) is 53.9 Å². The van der Waals surface area contributed by atoms with E-state index >= 15 is 0 Å². The molecule has 0 unspecified atom stereocenters. The van der Waals surface area contributed by atoms with Crippen LogP contribution in [0.15, 0.2) is 78.7 Å². The zero-order valence-electron chi connectivity index (χ0n) is 14.4. The van der Waals surface area contributed by atoms with Gasteiger partial charge in [-0.2, -0.15) is 0 Å². The zero-order chi connectivity index (χ0) is 18.5. The molecule has 1 N–H and O–H groups in total. The van der Waals surface area contributed by atoms with Gasteiger partial charge in [-0.3, -0.25) is 14.8 Å². The summed E-state index contributed by atoms with van der Waals surface area (Å²) in [7, 11) is 0. The van der Waals surface area contributed by atoms with Gasteiger partial charge in [-0.25, -0.2) is 4.98 Å². The summed E-state index contributed by atoms with van der Waals surface area (Å²) in [4.78, 5) is 24.8. The van der Waals surface area contributed by atoms with Crippen LogP contribution in [0.4, 0.5) is 5.13 Å². The van der Waals surface area contributed by atoms with Crippen molar-refractivity contribution >= 4 is 22.4 Å². The topological polar surface area (TPSA) is 67.8 Å². The number of anilines is 1. The third-order valence-corrected chi connectivity index (χ3v) is 4.82. The van der Waals surface area contributed by atoms with Crippen molar-refractivity contribution in [3.63, 3.8) is 0 Å². The normalized spacial score (nSPS) is 10.5. The first-order valence-electron chi connectivity index (χ1n) is 8.43. The third-order valence-electron chi connectivity index (χ3n) is 4.06. The Kier molecular flexibility index (Phi) is 4.98. The van der Waals surface area contributed by atoms with Crippen LogP contribution in [-0.2, 0) is 11.2 Å². The van der Waals surface area contributed by atoms with Crippen LogP contribution in [0.5, 0.6) is 0 Å². The number of nitrogens with zero attached hydrogens (tertiary/aromatic N) is 3. The summed E-state index contributed by atoms with van der Waals surface area (Å²) >= 11 is 1.41. The highest BCUT2D eigenvalue weighted by molar-refractivity contribution is 7.14. The number of amides is 1. The molecule has 0 aliphatic heterocycles. The number of carbonyl (C=O) groups excluding carboxylic acids is 1.